The molecule has 1 fully saturated rings. The van der Waals surface area contributed by atoms with Crippen molar-refractivity contribution in [2.75, 3.05) is 20.1 Å². The molecule has 16 heavy (non-hydrogen) atoms. The summed E-state index contributed by atoms with van der Waals surface area (Å²) >= 11 is 0. The van der Waals surface area contributed by atoms with Crippen LogP contribution in [-0.2, 0) is 0 Å². The lowest BCUT2D eigenvalue weighted by molar-refractivity contribution is 0.174. The van der Waals surface area contributed by atoms with Crippen molar-refractivity contribution in [1.29, 1.82) is 0 Å². The Bertz CT molecular complexity index is 180. The molecule has 1 rings (SSSR count). The Morgan fingerprint density at radius 1 is 1.25 bits per heavy atom. The van der Waals surface area contributed by atoms with E-state index in [2.05, 4.69) is 38.0 Å². The molecular weight excluding hydrogens is 196 g/mol. The summed E-state index contributed by atoms with van der Waals surface area (Å²) < 4.78 is 0. The zero-order valence-electron chi connectivity index (χ0n) is 11.6. The van der Waals surface area contributed by atoms with Gasteiger partial charge in [-0.05, 0) is 58.7 Å². The molecule has 1 aliphatic rings. The van der Waals surface area contributed by atoms with Crippen molar-refractivity contribution in [3.8, 4) is 0 Å². The van der Waals surface area contributed by atoms with Crippen LogP contribution in [0.15, 0.2) is 0 Å². The van der Waals surface area contributed by atoms with E-state index in [4.69, 9.17) is 0 Å². The van der Waals surface area contributed by atoms with Gasteiger partial charge in [0.05, 0.1) is 0 Å². The molecule has 0 radical (unpaired) electrons. The molecule has 1 saturated heterocycles. The fourth-order valence-electron chi connectivity index (χ4n) is 2.80. The highest BCUT2D eigenvalue weighted by atomic mass is 15.1. The van der Waals surface area contributed by atoms with Gasteiger partial charge < -0.3 is 10.2 Å². The summed E-state index contributed by atoms with van der Waals surface area (Å²) in [5.74, 6) is 0.805. The smallest absolute Gasteiger partial charge is 0.0104 e. The standard InChI is InChI=1S/C14H30N2/c1-12(2)11-13(3)15-9-8-14-7-5-6-10-16(14)4/h12-15H,5-11H2,1-4H3. The maximum atomic E-state index is 3.66. The molecular formula is C14H30N2. The van der Waals surface area contributed by atoms with Gasteiger partial charge in [-0.3, -0.25) is 0 Å². The molecule has 2 heteroatoms. The molecule has 1 heterocycles. The Kier molecular flexibility index (Phi) is 6.37. The van der Waals surface area contributed by atoms with Gasteiger partial charge in [-0.2, -0.15) is 0 Å². The lowest BCUT2D eigenvalue weighted by atomic mass is 9.99. The van der Waals surface area contributed by atoms with Crippen LogP contribution in [-0.4, -0.2) is 37.1 Å². The third-order valence-corrected chi connectivity index (χ3v) is 3.72. The topological polar surface area (TPSA) is 15.3 Å². The van der Waals surface area contributed by atoms with Gasteiger partial charge in [0.1, 0.15) is 0 Å². The highest BCUT2D eigenvalue weighted by molar-refractivity contribution is 4.75. The molecule has 0 saturated carbocycles. The van der Waals surface area contributed by atoms with Gasteiger partial charge in [0.15, 0.2) is 0 Å². The maximum Gasteiger partial charge on any atom is 0.0104 e. The van der Waals surface area contributed by atoms with E-state index < -0.39 is 0 Å². The van der Waals surface area contributed by atoms with Crippen molar-refractivity contribution < 1.29 is 0 Å². The molecule has 0 aliphatic carbocycles. The van der Waals surface area contributed by atoms with Crippen molar-refractivity contribution in [3.63, 3.8) is 0 Å². The second kappa shape index (κ2) is 7.29. The van der Waals surface area contributed by atoms with Gasteiger partial charge >= 0.3 is 0 Å². The van der Waals surface area contributed by atoms with Crippen molar-refractivity contribution >= 4 is 0 Å². The first-order chi connectivity index (χ1) is 7.59. The molecule has 2 nitrogen and oxygen atoms in total. The lowest BCUT2D eigenvalue weighted by Gasteiger charge is -2.32. The van der Waals surface area contributed by atoms with Crippen molar-refractivity contribution in [1.82, 2.24) is 10.2 Å². The average molecular weight is 226 g/mol. The van der Waals surface area contributed by atoms with E-state index >= 15 is 0 Å². The average Bonchev–Trinajstić information content (AvgIpc) is 2.19. The normalized spacial score (nSPS) is 24.9. The van der Waals surface area contributed by atoms with E-state index in [0.29, 0.717) is 6.04 Å². The van der Waals surface area contributed by atoms with Gasteiger partial charge in [-0.1, -0.05) is 20.3 Å². The minimum atomic E-state index is 0.675. The Morgan fingerprint density at radius 3 is 2.62 bits per heavy atom. The number of likely N-dealkylation sites (tertiary alicyclic amines) is 1. The largest absolute Gasteiger partial charge is 0.314 e. The monoisotopic (exact) mass is 226 g/mol. The molecule has 0 bridgehead atoms. The molecule has 0 aromatic rings. The van der Waals surface area contributed by atoms with Crippen LogP contribution in [0, 0.1) is 5.92 Å². The highest BCUT2D eigenvalue weighted by Gasteiger charge is 2.18. The van der Waals surface area contributed by atoms with Gasteiger partial charge in [-0.15, -0.1) is 0 Å². The molecule has 1 N–H and O–H groups in total. The van der Waals surface area contributed by atoms with Crippen LogP contribution < -0.4 is 5.32 Å². The van der Waals surface area contributed by atoms with E-state index in [1.165, 1.54) is 45.2 Å². The number of rotatable bonds is 6. The molecule has 96 valence electrons. The van der Waals surface area contributed by atoms with Crippen molar-refractivity contribution in [3.05, 3.63) is 0 Å². The molecule has 0 aromatic carbocycles. The maximum absolute atomic E-state index is 3.66. The fraction of sp³-hybridized carbons (Fsp3) is 1.00. The first-order valence-corrected chi connectivity index (χ1v) is 7.03. The Hall–Kier alpha value is -0.0800. The number of hydrogen-bond donors (Lipinski definition) is 1. The highest BCUT2D eigenvalue weighted by Crippen LogP contribution is 2.17. The number of piperidine rings is 1. The Labute approximate surface area is 102 Å². The van der Waals surface area contributed by atoms with Gasteiger partial charge in [0.2, 0.25) is 0 Å². The summed E-state index contributed by atoms with van der Waals surface area (Å²) in [6.45, 7) is 9.39. The van der Waals surface area contributed by atoms with E-state index in [1.54, 1.807) is 0 Å². The summed E-state index contributed by atoms with van der Waals surface area (Å²) in [7, 11) is 2.28. The predicted molar refractivity (Wildman–Crippen MR) is 71.8 cm³/mol. The lowest BCUT2D eigenvalue weighted by Crippen LogP contribution is -2.39. The van der Waals surface area contributed by atoms with Crippen LogP contribution in [0.25, 0.3) is 0 Å². The Balaban J connectivity index is 2.09. The second-order valence-corrected chi connectivity index (χ2v) is 5.90. The SMILES string of the molecule is CC(C)CC(C)NCCC1CCCCN1C. The minimum absolute atomic E-state index is 0.675. The molecule has 2 unspecified atom stereocenters. The number of nitrogens with one attached hydrogen (secondary N) is 1. The summed E-state index contributed by atoms with van der Waals surface area (Å²) in [4.78, 5) is 2.54. The zero-order valence-corrected chi connectivity index (χ0v) is 11.6. The first-order valence-electron chi connectivity index (χ1n) is 7.03. The second-order valence-electron chi connectivity index (χ2n) is 5.90. The van der Waals surface area contributed by atoms with Crippen molar-refractivity contribution in [2.45, 2.75) is 65.0 Å². The van der Waals surface area contributed by atoms with Gasteiger partial charge in [0, 0.05) is 12.1 Å². The van der Waals surface area contributed by atoms with Crippen LogP contribution in [0.3, 0.4) is 0 Å². The minimum Gasteiger partial charge on any atom is -0.314 e. The van der Waals surface area contributed by atoms with Crippen LogP contribution in [0.4, 0.5) is 0 Å². The fourth-order valence-corrected chi connectivity index (χ4v) is 2.80. The summed E-state index contributed by atoms with van der Waals surface area (Å²) in [5, 5.41) is 3.66. The number of nitrogens with zero attached hydrogens (tertiary/aromatic N) is 1. The van der Waals surface area contributed by atoms with E-state index in [-0.39, 0.29) is 0 Å². The molecule has 1 aliphatic heterocycles. The van der Waals surface area contributed by atoms with E-state index in [1.807, 2.05) is 0 Å². The van der Waals surface area contributed by atoms with E-state index in [9.17, 15) is 0 Å². The summed E-state index contributed by atoms with van der Waals surface area (Å²) in [5.41, 5.74) is 0. The van der Waals surface area contributed by atoms with Crippen LogP contribution in [0.2, 0.25) is 0 Å². The van der Waals surface area contributed by atoms with E-state index in [0.717, 1.165) is 12.0 Å². The Morgan fingerprint density at radius 2 is 2.00 bits per heavy atom. The predicted octanol–water partition coefficient (Wildman–Crippen LogP) is 2.89. The van der Waals surface area contributed by atoms with Gasteiger partial charge in [-0.25, -0.2) is 0 Å². The third kappa shape index (κ3) is 5.31. The van der Waals surface area contributed by atoms with Gasteiger partial charge in [0.25, 0.3) is 0 Å². The molecule has 0 aromatic heterocycles. The molecule has 2 atom stereocenters. The van der Waals surface area contributed by atoms with Crippen LogP contribution in [0.5, 0.6) is 0 Å². The van der Waals surface area contributed by atoms with Crippen LogP contribution in [0.1, 0.15) is 52.9 Å². The molecule has 0 amide bonds. The molecule has 0 spiro atoms. The van der Waals surface area contributed by atoms with Crippen LogP contribution >= 0.6 is 0 Å². The number of hydrogen-bond acceptors (Lipinski definition) is 2. The van der Waals surface area contributed by atoms with Crippen molar-refractivity contribution in [2.24, 2.45) is 5.92 Å². The zero-order chi connectivity index (χ0) is 12.0. The third-order valence-electron chi connectivity index (χ3n) is 3.72. The first kappa shape index (κ1) is 14.0. The summed E-state index contributed by atoms with van der Waals surface area (Å²) in [6, 6.07) is 1.50. The summed E-state index contributed by atoms with van der Waals surface area (Å²) in [6.07, 6.45) is 6.83. The quantitative estimate of drug-likeness (QED) is 0.749.